The van der Waals surface area contributed by atoms with Crippen molar-refractivity contribution >= 4 is 22.9 Å². The highest BCUT2D eigenvalue weighted by Gasteiger charge is 2.13. The van der Waals surface area contributed by atoms with Crippen LogP contribution in [0.15, 0.2) is 60.7 Å². The fourth-order valence-corrected chi connectivity index (χ4v) is 2.46. The molecule has 0 bridgehead atoms. The summed E-state index contributed by atoms with van der Waals surface area (Å²) in [5.74, 6) is -0.240. The molecule has 0 saturated carbocycles. The van der Waals surface area contributed by atoms with Crippen LogP contribution in [0.3, 0.4) is 0 Å². The summed E-state index contributed by atoms with van der Waals surface area (Å²) in [7, 11) is 0. The third-order valence-electron chi connectivity index (χ3n) is 2.67. The lowest BCUT2D eigenvalue weighted by atomic mass is 10.2. The van der Waals surface area contributed by atoms with Crippen molar-refractivity contribution in [1.29, 1.82) is 0 Å². The quantitative estimate of drug-likeness (QED) is 0.800. The van der Waals surface area contributed by atoms with Gasteiger partial charge in [-0.1, -0.05) is 59.9 Å². The van der Waals surface area contributed by atoms with Gasteiger partial charge in [-0.3, -0.25) is 4.79 Å². The lowest BCUT2D eigenvalue weighted by Gasteiger charge is -2.00. The second-order valence-electron chi connectivity index (χ2n) is 4.10. The van der Waals surface area contributed by atoms with E-state index in [1.807, 2.05) is 60.7 Å². The molecular formula is C15H11N3OS. The Hall–Kier alpha value is -2.53. The van der Waals surface area contributed by atoms with Crippen molar-refractivity contribution in [1.82, 2.24) is 10.2 Å². The number of hydrogen-bond acceptors (Lipinski definition) is 4. The van der Waals surface area contributed by atoms with Gasteiger partial charge in [0.05, 0.1) is 0 Å². The van der Waals surface area contributed by atoms with Crippen molar-refractivity contribution < 1.29 is 4.79 Å². The average molecular weight is 281 g/mol. The van der Waals surface area contributed by atoms with Crippen LogP contribution in [0.4, 0.5) is 5.69 Å². The van der Waals surface area contributed by atoms with Crippen molar-refractivity contribution in [2.75, 3.05) is 5.32 Å². The number of rotatable bonds is 3. The van der Waals surface area contributed by atoms with E-state index in [2.05, 4.69) is 15.5 Å². The smallest absolute Gasteiger partial charge is 0.286 e. The highest BCUT2D eigenvalue weighted by atomic mass is 32.1. The molecule has 1 amide bonds. The summed E-state index contributed by atoms with van der Waals surface area (Å²) in [4.78, 5) is 12.1. The highest BCUT2D eigenvalue weighted by Crippen LogP contribution is 2.23. The molecule has 0 atom stereocenters. The van der Waals surface area contributed by atoms with Gasteiger partial charge in [0.1, 0.15) is 5.01 Å². The molecule has 0 saturated heterocycles. The first-order valence-electron chi connectivity index (χ1n) is 6.08. The second kappa shape index (κ2) is 5.63. The molecule has 3 aromatic rings. The minimum Gasteiger partial charge on any atom is -0.320 e. The summed E-state index contributed by atoms with van der Waals surface area (Å²) < 4.78 is 0. The molecule has 0 aliphatic rings. The van der Waals surface area contributed by atoms with Gasteiger partial charge in [0.25, 0.3) is 5.91 Å². The molecule has 0 aliphatic carbocycles. The van der Waals surface area contributed by atoms with E-state index in [4.69, 9.17) is 0 Å². The zero-order valence-electron chi connectivity index (χ0n) is 10.5. The minimum absolute atomic E-state index is 0.240. The molecule has 5 heteroatoms. The maximum absolute atomic E-state index is 12.1. The van der Waals surface area contributed by atoms with E-state index < -0.39 is 0 Å². The van der Waals surface area contributed by atoms with Gasteiger partial charge in [-0.2, -0.15) is 0 Å². The Labute approximate surface area is 120 Å². The SMILES string of the molecule is O=C(Nc1ccccc1)c1nnc(-c2ccccc2)s1. The number of benzene rings is 2. The van der Waals surface area contributed by atoms with Crippen molar-refractivity contribution in [2.24, 2.45) is 0 Å². The first-order valence-corrected chi connectivity index (χ1v) is 6.90. The number of amides is 1. The third kappa shape index (κ3) is 2.73. The van der Waals surface area contributed by atoms with E-state index in [-0.39, 0.29) is 5.91 Å². The van der Waals surface area contributed by atoms with Crippen molar-refractivity contribution in [3.8, 4) is 10.6 Å². The van der Waals surface area contributed by atoms with Crippen LogP contribution in [0.2, 0.25) is 0 Å². The van der Waals surface area contributed by atoms with Gasteiger partial charge in [0, 0.05) is 11.3 Å². The van der Waals surface area contributed by atoms with Gasteiger partial charge in [-0.25, -0.2) is 0 Å². The molecule has 0 fully saturated rings. The Bertz CT molecular complexity index is 710. The summed E-state index contributed by atoms with van der Waals surface area (Å²) in [6.45, 7) is 0. The molecule has 1 heterocycles. The lowest BCUT2D eigenvalue weighted by molar-refractivity contribution is 0.102. The van der Waals surface area contributed by atoms with E-state index in [9.17, 15) is 4.79 Å². The first-order chi connectivity index (χ1) is 9.83. The Morgan fingerprint density at radius 3 is 2.25 bits per heavy atom. The van der Waals surface area contributed by atoms with Crippen LogP contribution in [-0.2, 0) is 0 Å². The number of carbonyl (C=O) groups is 1. The standard InChI is InChI=1S/C15H11N3OS/c19-13(16-12-9-5-2-6-10-12)15-18-17-14(20-15)11-7-3-1-4-8-11/h1-10H,(H,16,19). The molecular weight excluding hydrogens is 270 g/mol. The fraction of sp³-hybridized carbons (Fsp3) is 0. The van der Waals surface area contributed by atoms with E-state index in [1.54, 1.807) is 0 Å². The number of para-hydroxylation sites is 1. The zero-order valence-corrected chi connectivity index (χ0v) is 11.3. The molecule has 2 aromatic carbocycles. The van der Waals surface area contributed by atoms with Gasteiger partial charge in [0.15, 0.2) is 0 Å². The number of carbonyl (C=O) groups excluding carboxylic acids is 1. The topological polar surface area (TPSA) is 54.9 Å². The number of nitrogens with zero attached hydrogens (tertiary/aromatic N) is 2. The van der Waals surface area contributed by atoms with Gasteiger partial charge in [-0.05, 0) is 12.1 Å². The van der Waals surface area contributed by atoms with Crippen LogP contribution in [0, 0.1) is 0 Å². The number of hydrogen-bond donors (Lipinski definition) is 1. The van der Waals surface area contributed by atoms with E-state index in [0.717, 1.165) is 16.3 Å². The molecule has 0 unspecified atom stereocenters. The third-order valence-corrected chi connectivity index (χ3v) is 3.64. The molecule has 3 rings (SSSR count). The van der Waals surface area contributed by atoms with Crippen LogP contribution in [0.25, 0.3) is 10.6 Å². The van der Waals surface area contributed by atoms with Crippen molar-refractivity contribution in [3.63, 3.8) is 0 Å². The van der Waals surface area contributed by atoms with E-state index >= 15 is 0 Å². The Morgan fingerprint density at radius 2 is 1.55 bits per heavy atom. The summed E-state index contributed by atoms with van der Waals surface area (Å²) in [6.07, 6.45) is 0. The number of nitrogens with one attached hydrogen (secondary N) is 1. The summed E-state index contributed by atoms with van der Waals surface area (Å²) in [6, 6.07) is 19.0. The normalized spacial score (nSPS) is 10.2. The predicted octanol–water partition coefficient (Wildman–Crippen LogP) is 3.46. The lowest BCUT2D eigenvalue weighted by Crippen LogP contribution is -2.11. The fourth-order valence-electron chi connectivity index (χ4n) is 1.72. The van der Waals surface area contributed by atoms with Crippen molar-refractivity contribution in [3.05, 3.63) is 65.7 Å². The number of anilines is 1. The zero-order chi connectivity index (χ0) is 13.8. The molecule has 4 nitrogen and oxygen atoms in total. The predicted molar refractivity (Wildman–Crippen MR) is 79.7 cm³/mol. The Kier molecular flexibility index (Phi) is 3.52. The van der Waals surface area contributed by atoms with Crippen LogP contribution in [0.5, 0.6) is 0 Å². The van der Waals surface area contributed by atoms with Gasteiger partial charge in [0.2, 0.25) is 5.01 Å². The Morgan fingerprint density at radius 1 is 0.900 bits per heavy atom. The van der Waals surface area contributed by atoms with E-state index in [1.165, 1.54) is 11.3 Å². The molecule has 1 aromatic heterocycles. The van der Waals surface area contributed by atoms with Gasteiger partial charge >= 0.3 is 0 Å². The molecule has 20 heavy (non-hydrogen) atoms. The maximum Gasteiger partial charge on any atom is 0.286 e. The average Bonchev–Trinajstić information content (AvgIpc) is 2.99. The highest BCUT2D eigenvalue weighted by molar-refractivity contribution is 7.16. The molecule has 98 valence electrons. The van der Waals surface area contributed by atoms with Crippen LogP contribution >= 0.6 is 11.3 Å². The molecule has 0 spiro atoms. The van der Waals surface area contributed by atoms with Gasteiger partial charge in [-0.15, -0.1) is 10.2 Å². The maximum atomic E-state index is 12.1. The first kappa shape index (κ1) is 12.5. The van der Waals surface area contributed by atoms with Gasteiger partial charge < -0.3 is 5.32 Å². The monoisotopic (exact) mass is 281 g/mol. The van der Waals surface area contributed by atoms with Crippen LogP contribution < -0.4 is 5.32 Å². The van der Waals surface area contributed by atoms with Crippen molar-refractivity contribution in [2.45, 2.75) is 0 Å². The Balaban J connectivity index is 1.79. The second-order valence-corrected chi connectivity index (χ2v) is 5.08. The van der Waals surface area contributed by atoms with Crippen LogP contribution in [-0.4, -0.2) is 16.1 Å². The minimum atomic E-state index is -0.240. The van der Waals surface area contributed by atoms with E-state index in [0.29, 0.717) is 5.01 Å². The summed E-state index contributed by atoms with van der Waals surface area (Å²) >= 11 is 1.28. The van der Waals surface area contributed by atoms with Crippen LogP contribution in [0.1, 0.15) is 9.80 Å². The molecule has 0 aliphatic heterocycles. The number of aromatic nitrogens is 2. The molecule has 0 radical (unpaired) electrons. The summed E-state index contributed by atoms with van der Waals surface area (Å²) in [5, 5.41) is 11.9. The summed E-state index contributed by atoms with van der Waals surface area (Å²) in [5.41, 5.74) is 1.71. The molecule has 1 N–H and O–H groups in total. The largest absolute Gasteiger partial charge is 0.320 e.